The van der Waals surface area contributed by atoms with Gasteiger partial charge in [0.05, 0.1) is 5.56 Å². The zero-order valence-corrected chi connectivity index (χ0v) is 9.41. The lowest BCUT2D eigenvalue weighted by Crippen LogP contribution is -2.19. The molecule has 80 valence electrons. The summed E-state index contributed by atoms with van der Waals surface area (Å²) in [5, 5.41) is 0.350. The van der Waals surface area contributed by atoms with Crippen LogP contribution in [-0.2, 0) is 9.47 Å². The first-order valence-electron chi connectivity index (χ1n) is 4.53. The summed E-state index contributed by atoms with van der Waals surface area (Å²) in [6.45, 7) is 3.25. The highest BCUT2D eigenvalue weighted by molar-refractivity contribution is 7.80. The molecule has 0 aliphatic heterocycles. The molecule has 0 aromatic heterocycles. The topological polar surface area (TPSA) is 35.5 Å². The van der Waals surface area contributed by atoms with Crippen LogP contribution in [-0.4, -0.2) is 17.3 Å². The van der Waals surface area contributed by atoms with E-state index in [1.807, 2.05) is 6.07 Å². The molecule has 0 heterocycles. The van der Waals surface area contributed by atoms with Crippen molar-refractivity contribution in [3.05, 3.63) is 35.9 Å². The second-order valence-corrected chi connectivity index (χ2v) is 3.52. The van der Waals surface area contributed by atoms with Gasteiger partial charge in [-0.05, 0) is 24.4 Å². The van der Waals surface area contributed by atoms with Gasteiger partial charge >= 0.3 is 5.97 Å². The molecule has 0 fully saturated rings. The minimum atomic E-state index is -0.657. The molecule has 0 radical (unpaired) electrons. The lowest BCUT2D eigenvalue weighted by Gasteiger charge is -2.13. The quantitative estimate of drug-likeness (QED) is 0.449. The molecule has 0 spiro atoms. The van der Waals surface area contributed by atoms with Crippen molar-refractivity contribution in [1.29, 1.82) is 0 Å². The molecule has 4 heteroatoms. The Hall–Kier alpha value is -1.42. The molecule has 0 N–H and O–H groups in total. The number of esters is 1. The highest BCUT2D eigenvalue weighted by atomic mass is 32.1. The van der Waals surface area contributed by atoms with E-state index in [4.69, 9.17) is 21.7 Å². The lowest BCUT2D eigenvalue weighted by atomic mass is 10.2. The lowest BCUT2D eigenvalue weighted by molar-refractivity contribution is -0.0425. The van der Waals surface area contributed by atoms with Crippen molar-refractivity contribution < 1.29 is 14.3 Å². The van der Waals surface area contributed by atoms with Crippen LogP contribution in [0.25, 0.3) is 0 Å². The molecular formula is C11H12O3S. The Labute approximate surface area is 94.0 Å². The van der Waals surface area contributed by atoms with Crippen LogP contribution in [0.4, 0.5) is 0 Å². The molecule has 1 atom stereocenters. The summed E-state index contributed by atoms with van der Waals surface area (Å²) in [7, 11) is 0. The van der Waals surface area contributed by atoms with E-state index >= 15 is 0 Å². The van der Waals surface area contributed by atoms with Crippen molar-refractivity contribution in [2.24, 2.45) is 0 Å². The molecule has 1 unspecified atom stereocenters. The van der Waals surface area contributed by atoms with E-state index in [1.54, 1.807) is 38.1 Å². The smallest absolute Gasteiger partial charge is 0.341 e. The van der Waals surface area contributed by atoms with Crippen molar-refractivity contribution in [1.82, 2.24) is 0 Å². The van der Waals surface area contributed by atoms with Crippen LogP contribution < -0.4 is 0 Å². The molecule has 1 aromatic carbocycles. The van der Waals surface area contributed by atoms with Crippen LogP contribution in [0, 0.1) is 0 Å². The number of carbonyl (C=O) groups excluding carboxylic acids is 1. The summed E-state index contributed by atoms with van der Waals surface area (Å²) in [5.41, 5.74) is 0.495. The van der Waals surface area contributed by atoms with Gasteiger partial charge in [0.15, 0.2) is 5.05 Å². The second-order valence-electron chi connectivity index (χ2n) is 2.95. The van der Waals surface area contributed by atoms with Gasteiger partial charge in [-0.25, -0.2) is 4.79 Å². The molecule has 15 heavy (non-hydrogen) atoms. The van der Waals surface area contributed by atoms with Crippen LogP contribution in [0.1, 0.15) is 24.2 Å². The van der Waals surface area contributed by atoms with Gasteiger partial charge in [-0.2, -0.15) is 0 Å². The Morgan fingerprint density at radius 2 is 1.87 bits per heavy atom. The van der Waals surface area contributed by atoms with Crippen molar-refractivity contribution in [2.75, 3.05) is 0 Å². The van der Waals surface area contributed by atoms with Crippen molar-refractivity contribution >= 4 is 23.2 Å². The predicted octanol–water partition coefficient (Wildman–Crippen LogP) is 2.55. The fraction of sp³-hybridized carbons (Fsp3) is 0.273. The minimum Gasteiger partial charge on any atom is -0.449 e. The number of thiocarbonyl (C=S) groups is 1. The number of carbonyl (C=O) groups is 1. The largest absolute Gasteiger partial charge is 0.449 e. The van der Waals surface area contributed by atoms with Gasteiger partial charge in [0.1, 0.15) is 0 Å². The van der Waals surface area contributed by atoms with Gasteiger partial charge in [0, 0.05) is 13.8 Å². The molecule has 0 saturated carbocycles. The maximum atomic E-state index is 11.5. The number of ether oxygens (including phenoxy) is 2. The monoisotopic (exact) mass is 224 g/mol. The molecule has 1 rings (SSSR count). The normalized spacial score (nSPS) is 11.6. The van der Waals surface area contributed by atoms with Crippen LogP contribution in [0.5, 0.6) is 0 Å². The van der Waals surface area contributed by atoms with E-state index in [0.717, 1.165) is 0 Å². The number of rotatable bonds is 3. The van der Waals surface area contributed by atoms with Gasteiger partial charge in [-0.15, -0.1) is 0 Å². The van der Waals surface area contributed by atoms with Gasteiger partial charge < -0.3 is 9.47 Å². The van der Waals surface area contributed by atoms with E-state index in [2.05, 4.69) is 0 Å². The number of hydrogen-bond acceptors (Lipinski definition) is 4. The maximum absolute atomic E-state index is 11.5. The average molecular weight is 224 g/mol. The average Bonchev–Trinajstić information content (AvgIpc) is 2.17. The van der Waals surface area contributed by atoms with E-state index < -0.39 is 12.3 Å². The van der Waals surface area contributed by atoms with E-state index in [-0.39, 0.29) is 0 Å². The molecule has 0 aliphatic carbocycles. The van der Waals surface area contributed by atoms with Crippen LogP contribution in [0.15, 0.2) is 30.3 Å². The van der Waals surface area contributed by atoms with E-state index in [1.165, 1.54) is 0 Å². The third-order valence-corrected chi connectivity index (χ3v) is 1.71. The van der Waals surface area contributed by atoms with Crippen molar-refractivity contribution in [3.63, 3.8) is 0 Å². The van der Waals surface area contributed by atoms with Gasteiger partial charge in [-0.1, -0.05) is 18.2 Å². The predicted molar refractivity (Wildman–Crippen MR) is 60.7 cm³/mol. The number of benzene rings is 1. The number of hydrogen-bond donors (Lipinski definition) is 0. The molecule has 0 amide bonds. The molecule has 1 aromatic rings. The van der Waals surface area contributed by atoms with Crippen LogP contribution in [0.2, 0.25) is 0 Å². The summed E-state index contributed by atoms with van der Waals surface area (Å²) in [6, 6.07) is 8.73. The summed E-state index contributed by atoms with van der Waals surface area (Å²) >= 11 is 4.73. The molecular weight excluding hydrogens is 212 g/mol. The Bertz CT molecular complexity index is 348. The minimum absolute atomic E-state index is 0.350. The Morgan fingerprint density at radius 3 is 2.40 bits per heavy atom. The van der Waals surface area contributed by atoms with Gasteiger partial charge in [0.25, 0.3) is 0 Å². The second kappa shape index (κ2) is 5.46. The fourth-order valence-electron chi connectivity index (χ4n) is 1.05. The fourth-order valence-corrected chi connectivity index (χ4v) is 1.19. The van der Waals surface area contributed by atoms with E-state index in [9.17, 15) is 4.79 Å². The standard InChI is InChI=1S/C11H12O3S/c1-8(13-9(2)15)14-11(12)10-6-4-3-5-7-10/h3-8H,1-2H3. The van der Waals surface area contributed by atoms with Crippen molar-refractivity contribution in [3.8, 4) is 0 Å². The van der Waals surface area contributed by atoms with Gasteiger partial charge in [0.2, 0.25) is 6.29 Å². The molecule has 0 aliphatic rings. The summed E-state index contributed by atoms with van der Waals surface area (Å²) < 4.78 is 10.0. The maximum Gasteiger partial charge on any atom is 0.341 e. The third-order valence-electron chi connectivity index (χ3n) is 1.61. The zero-order chi connectivity index (χ0) is 11.3. The summed E-state index contributed by atoms with van der Waals surface area (Å²) in [6.07, 6.45) is -0.657. The Kier molecular flexibility index (Phi) is 4.24. The van der Waals surface area contributed by atoms with Crippen LogP contribution in [0.3, 0.4) is 0 Å². The van der Waals surface area contributed by atoms with Gasteiger partial charge in [-0.3, -0.25) is 0 Å². The SMILES string of the molecule is CC(=S)OC(C)OC(=O)c1ccccc1. The Morgan fingerprint density at radius 1 is 1.27 bits per heavy atom. The molecule has 0 bridgehead atoms. The van der Waals surface area contributed by atoms with Crippen molar-refractivity contribution in [2.45, 2.75) is 20.1 Å². The summed E-state index contributed by atoms with van der Waals surface area (Å²) in [5.74, 6) is -0.417. The summed E-state index contributed by atoms with van der Waals surface area (Å²) in [4.78, 5) is 11.5. The first kappa shape index (κ1) is 11.7. The highest BCUT2D eigenvalue weighted by Crippen LogP contribution is 2.04. The van der Waals surface area contributed by atoms with E-state index in [0.29, 0.717) is 10.6 Å². The highest BCUT2D eigenvalue weighted by Gasteiger charge is 2.11. The first-order valence-corrected chi connectivity index (χ1v) is 4.93. The third kappa shape index (κ3) is 4.08. The zero-order valence-electron chi connectivity index (χ0n) is 8.60. The first-order chi connectivity index (χ1) is 7.09. The van der Waals surface area contributed by atoms with Crippen LogP contribution >= 0.6 is 12.2 Å². The molecule has 3 nitrogen and oxygen atoms in total. The Balaban J connectivity index is 2.53. The molecule has 0 saturated heterocycles.